The predicted octanol–water partition coefficient (Wildman–Crippen LogP) is 2.12. The molecule has 0 spiro atoms. The zero-order valence-electron chi connectivity index (χ0n) is 16.0. The number of benzene rings is 1. The zero-order valence-corrected chi connectivity index (χ0v) is 16.0. The number of nitrogens with two attached hydrogens (primary N) is 1. The van der Waals surface area contributed by atoms with Crippen LogP contribution in [0.2, 0.25) is 0 Å². The lowest BCUT2D eigenvalue weighted by molar-refractivity contribution is -0.130. The molecule has 6 heteroatoms. The Morgan fingerprint density at radius 2 is 1.67 bits per heavy atom. The summed E-state index contributed by atoms with van der Waals surface area (Å²) in [7, 11) is 0. The van der Waals surface area contributed by atoms with Gasteiger partial charge in [-0.1, -0.05) is 31.4 Å². The van der Waals surface area contributed by atoms with Gasteiger partial charge in [-0.05, 0) is 37.8 Å². The van der Waals surface area contributed by atoms with E-state index < -0.39 is 6.04 Å². The fraction of sp³-hybridized carbons (Fsp3) is 0.619. The number of carbonyl (C=O) groups excluding carboxylic acids is 2. The molecule has 1 saturated heterocycles. The summed E-state index contributed by atoms with van der Waals surface area (Å²) in [6, 6.07) is 7.80. The van der Waals surface area contributed by atoms with E-state index in [2.05, 4.69) is 11.0 Å². The summed E-state index contributed by atoms with van der Waals surface area (Å²) in [5.74, 6) is -0.123. The van der Waals surface area contributed by atoms with Gasteiger partial charge >= 0.3 is 0 Å². The number of anilines is 2. The largest absolute Gasteiger partial charge is 0.365 e. The second-order valence-corrected chi connectivity index (χ2v) is 8.05. The molecule has 146 valence electrons. The van der Waals surface area contributed by atoms with Crippen LogP contribution < -0.4 is 15.5 Å². The second kappa shape index (κ2) is 7.89. The number of carbonyl (C=O) groups is 2. The number of para-hydroxylation sites is 2. The number of hydrogen-bond acceptors (Lipinski definition) is 4. The smallest absolute Gasteiger partial charge is 0.246 e. The molecule has 4 rings (SSSR count). The topological polar surface area (TPSA) is 69.9 Å². The molecule has 1 aromatic rings. The van der Waals surface area contributed by atoms with Crippen molar-refractivity contribution in [2.75, 3.05) is 36.0 Å². The van der Waals surface area contributed by atoms with Crippen molar-refractivity contribution in [3.8, 4) is 0 Å². The summed E-state index contributed by atoms with van der Waals surface area (Å²) in [4.78, 5) is 31.7. The molecule has 0 aromatic heterocycles. The quantitative estimate of drug-likeness (QED) is 0.885. The molecule has 1 saturated carbocycles. The molecule has 6 nitrogen and oxygen atoms in total. The maximum absolute atomic E-state index is 13.1. The fourth-order valence-corrected chi connectivity index (χ4v) is 4.75. The highest BCUT2D eigenvalue weighted by atomic mass is 16.2. The average molecular weight is 370 g/mol. The molecular weight excluding hydrogens is 340 g/mol. The Labute approximate surface area is 161 Å². The Hall–Kier alpha value is -2.08. The molecule has 2 aliphatic heterocycles. The van der Waals surface area contributed by atoms with Gasteiger partial charge in [-0.25, -0.2) is 0 Å². The van der Waals surface area contributed by atoms with E-state index in [4.69, 9.17) is 5.73 Å². The van der Waals surface area contributed by atoms with Crippen molar-refractivity contribution in [3.05, 3.63) is 24.3 Å². The molecule has 3 aliphatic rings. The third kappa shape index (κ3) is 3.68. The third-order valence-electron chi connectivity index (χ3n) is 6.23. The number of hydrogen-bond donors (Lipinski definition) is 1. The SMILES string of the molecule is NC1CN(C2CCCCC2)c2ccccc2N(CC(=O)N2CCCC2)C1=O. The van der Waals surface area contributed by atoms with E-state index in [0.717, 1.165) is 50.1 Å². The standard InChI is InChI=1S/C21H30N4O2/c22-17-14-24(16-8-2-1-3-9-16)18-10-4-5-11-19(18)25(21(17)27)15-20(26)23-12-6-7-13-23/h4-5,10-11,16-17H,1-3,6-9,12-15,22H2. The van der Waals surface area contributed by atoms with E-state index in [1.54, 1.807) is 4.90 Å². The van der Waals surface area contributed by atoms with E-state index in [-0.39, 0.29) is 18.4 Å². The number of fused-ring (bicyclic) bond motifs is 1. The first kappa shape index (κ1) is 18.3. The first-order valence-electron chi connectivity index (χ1n) is 10.4. The van der Waals surface area contributed by atoms with E-state index in [0.29, 0.717) is 12.6 Å². The molecule has 2 N–H and O–H groups in total. The van der Waals surface area contributed by atoms with Crippen LogP contribution >= 0.6 is 0 Å². The van der Waals surface area contributed by atoms with Crippen LogP contribution in [0.1, 0.15) is 44.9 Å². The normalized spacial score (nSPS) is 24.1. The molecular formula is C21H30N4O2. The van der Waals surface area contributed by atoms with E-state index in [1.165, 1.54) is 19.3 Å². The predicted molar refractivity (Wildman–Crippen MR) is 107 cm³/mol. The molecule has 1 aliphatic carbocycles. The van der Waals surface area contributed by atoms with Gasteiger partial charge in [-0.15, -0.1) is 0 Å². The Morgan fingerprint density at radius 3 is 2.37 bits per heavy atom. The van der Waals surface area contributed by atoms with Crippen molar-refractivity contribution >= 4 is 23.2 Å². The Morgan fingerprint density at radius 1 is 1.00 bits per heavy atom. The summed E-state index contributed by atoms with van der Waals surface area (Å²) in [5.41, 5.74) is 8.19. The summed E-state index contributed by atoms with van der Waals surface area (Å²) >= 11 is 0. The van der Waals surface area contributed by atoms with E-state index in [9.17, 15) is 9.59 Å². The zero-order chi connectivity index (χ0) is 18.8. The van der Waals surface area contributed by atoms with Crippen LogP contribution in [-0.4, -0.2) is 55.0 Å². The van der Waals surface area contributed by atoms with Gasteiger partial charge in [0.2, 0.25) is 11.8 Å². The van der Waals surface area contributed by atoms with Crippen LogP contribution in [0.15, 0.2) is 24.3 Å². The lowest BCUT2D eigenvalue weighted by atomic mass is 9.93. The average Bonchev–Trinajstić information content (AvgIpc) is 3.22. The fourth-order valence-electron chi connectivity index (χ4n) is 4.75. The Bertz CT molecular complexity index is 695. The van der Waals surface area contributed by atoms with Gasteiger partial charge < -0.3 is 15.5 Å². The van der Waals surface area contributed by atoms with Gasteiger partial charge in [-0.2, -0.15) is 0 Å². The maximum atomic E-state index is 13.1. The number of amides is 2. The van der Waals surface area contributed by atoms with Crippen LogP contribution in [0.5, 0.6) is 0 Å². The number of rotatable bonds is 3. The van der Waals surface area contributed by atoms with Crippen molar-refractivity contribution in [3.63, 3.8) is 0 Å². The highest BCUT2D eigenvalue weighted by molar-refractivity contribution is 6.05. The van der Waals surface area contributed by atoms with Gasteiger partial charge in [0.25, 0.3) is 0 Å². The van der Waals surface area contributed by atoms with Crippen LogP contribution in [0.4, 0.5) is 11.4 Å². The van der Waals surface area contributed by atoms with Gasteiger partial charge in [0.1, 0.15) is 12.6 Å². The summed E-state index contributed by atoms with van der Waals surface area (Å²) in [6.07, 6.45) is 8.11. The van der Waals surface area contributed by atoms with E-state index >= 15 is 0 Å². The lowest BCUT2D eigenvalue weighted by Crippen LogP contribution is -2.51. The Kier molecular flexibility index (Phi) is 5.34. The van der Waals surface area contributed by atoms with Gasteiger partial charge in [0.05, 0.1) is 11.4 Å². The molecule has 1 atom stereocenters. The lowest BCUT2D eigenvalue weighted by Gasteiger charge is -2.36. The van der Waals surface area contributed by atoms with Crippen molar-refractivity contribution in [2.24, 2.45) is 5.73 Å². The molecule has 2 amide bonds. The first-order valence-corrected chi connectivity index (χ1v) is 10.4. The highest BCUT2D eigenvalue weighted by Crippen LogP contribution is 2.36. The van der Waals surface area contributed by atoms with Crippen molar-refractivity contribution < 1.29 is 9.59 Å². The minimum absolute atomic E-state index is 0.0222. The monoisotopic (exact) mass is 370 g/mol. The van der Waals surface area contributed by atoms with Gasteiger partial charge in [0, 0.05) is 25.7 Å². The van der Waals surface area contributed by atoms with Crippen LogP contribution in [0.3, 0.4) is 0 Å². The molecule has 0 bridgehead atoms. The molecule has 27 heavy (non-hydrogen) atoms. The number of likely N-dealkylation sites (tertiary alicyclic amines) is 1. The Balaban J connectivity index is 1.65. The second-order valence-electron chi connectivity index (χ2n) is 8.05. The third-order valence-corrected chi connectivity index (χ3v) is 6.23. The first-order chi connectivity index (χ1) is 13.1. The van der Waals surface area contributed by atoms with Gasteiger partial charge in [0.15, 0.2) is 0 Å². The summed E-state index contributed by atoms with van der Waals surface area (Å²) < 4.78 is 0. The molecule has 1 aromatic carbocycles. The van der Waals surface area contributed by atoms with Crippen molar-refractivity contribution in [2.45, 2.75) is 57.0 Å². The minimum atomic E-state index is -0.606. The number of nitrogens with zero attached hydrogens (tertiary/aromatic N) is 3. The maximum Gasteiger partial charge on any atom is 0.246 e. The van der Waals surface area contributed by atoms with E-state index in [1.807, 2.05) is 23.1 Å². The summed E-state index contributed by atoms with van der Waals surface area (Å²) in [5, 5.41) is 0. The van der Waals surface area contributed by atoms with Crippen LogP contribution in [0.25, 0.3) is 0 Å². The van der Waals surface area contributed by atoms with Crippen molar-refractivity contribution in [1.82, 2.24) is 4.90 Å². The molecule has 1 unspecified atom stereocenters. The molecule has 2 heterocycles. The summed E-state index contributed by atoms with van der Waals surface area (Å²) in [6.45, 7) is 2.20. The van der Waals surface area contributed by atoms with Crippen LogP contribution in [0, 0.1) is 0 Å². The van der Waals surface area contributed by atoms with Crippen LogP contribution in [-0.2, 0) is 9.59 Å². The highest BCUT2D eigenvalue weighted by Gasteiger charge is 2.36. The molecule has 0 radical (unpaired) electrons. The minimum Gasteiger partial charge on any atom is -0.365 e. The van der Waals surface area contributed by atoms with Crippen molar-refractivity contribution in [1.29, 1.82) is 0 Å². The van der Waals surface area contributed by atoms with Gasteiger partial charge in [-0.3, -0.25) is 14.5 Å². The molecule has 2 fully saturated rings.